The number of aliphatic hydroxyl groups excluding tert-OH is 4. The first-order valence-electron chi connectivity index (χ1n) is 13.0. The lowest BCUT2D eigenvalue weighted by Gasteiger charge is -2.26. The number of ether oxygens (including phenoxy) is 2. The van der Waals surface area contributed by atoms with Gasteiger partial charge in [0.25, 0.3) is 0 Å². The molecule has 0 saturated carbocycles. The molecule has 1 aliphatic heterocycles. The summed E-state index contributed by atoms with van der Waals surface area (Å²) < 4.78 is 10.7. The molecule has 206 valence electrons. The van der Waals surface area contributed by atoms with Crippen molar-refractivity contribution in [3.63, 3.8) is 0 Å². The summed E-state index contributed by atoms with van der Waals surface area (Å²) in [5, 5.41) is 42.9. The second-order valence-corrected chi connectivity index (χ2v) is 8.98. The highest BCUT2D eigenvalue weighted by molar-refractivity contribution is 5.76. The Labute approximate surface area is 209 Å². The summed E-state index contributed by atoms with van der Waals surface area (Å²) in [6.07, 6.45) is 3.64. The van der Waals surface area contributed by atoms with Gasteiger partial charge in [-0.15, -0.1) is 0 Å². The molecule has 0 aromatic rings. The molecule has 1 aliphatic rings. The van der Waals surface area contributed by atoms with Crippen LogP contribution in [0.3, 0.4) is 0 Å². The van der Waals surface area contributed by atoms with Gasteiger partial charge in [-0.05, 0) is 51.7 Å². The van der Waals surface area contributed by atoms with Crippen molar-refractivity contribution in [3.8, 4) is 0 Å². The van der Waals surface area contributed by atoms with Gasteiger partial charge in [-0.25, -0.2) is 0 Å². The van der Waals surface area contributed by atoms with E-state index in [1.165, 1.54) is 32.4 Å². The first-order valence-corrected chi connectivity index (χ1v) is 13.0. The summed E-state index contributed by atoms with van der Waals surface area (Å²) in [7, 11) is 0. The number of unbranched alkanes of at least 4 members (excludes halogenated alkanes) is 2. The normalized spacial score (nSPS) is 17.0. The predicted octanol–water partition coefficient (Wildman–Crippen LogP) is -0.846. The molecular formula is C24H47N3O8. The highest BCUT2D eigenvalue weighted by atomic mass is 16.5. The van der Waals surface area contributed by atoms with Crippen molar-refractivity contribution in [1.29, 1.82) is 0 Å². The highest BCUT2D eigenvalue weighted by Crippen LogP contribution is 2.10. The first kappa shape index (κ1) is 31.7. The lowest BCUT2D eigenvalue weighted by Crippen LogP contribution is -2.45. The van der Waals surface area contributed by atoms with E-state index in [-0.39, 0.29) is 44.4 Å². The smallest absolute Gasteiger partial charge is 0.222 e. The van der Waals surface area contributed by atoms with Crippen molar-refractivity contribution in [3.05, 3.63) is 0 Å². The van der Waals surface area contributed by atoms with Crippen molar-refractivity contribution in [2.24, 2.45) is 0 Å². The van der Waals surface area contributed by atoms with Crippen LogP contribution in [0.2, 0.25) is 0 Å². The monoisotopic (exact) mass is 505 g/mol. The number of hydrogen-bond donors (Lipinski definition) is 6. The summed E-state index contributed by atoms with van der Waals surface area (Å²) in [6, 6.07) is 0. The third kappa shape index (κ3) is 16.9. The molecule has 1 saturated heterocycles. The van der Waals surface area contributed by atoms with Crippen molar-refractivity contribution >= 4 is 11.8 Å². The second-order valence-electron chi connectivity index (χ2n) is 8.98. The fourth-order valence-electron chi connectivity index (χ4n) is 3.81. The number of piperidine rings is 1. The molecule has 11 heteroatoms. The largest absolute Gasteiger partial charge is 0.396 e. The standard InChI is InChI=1S/C24H47N3O8/c28-14-8-20(29)24(33)21(30)19-26-23(32)9-15-34-17-18-35-16-10-25-22(31)7-3-1-4-11-27-12-5-2-6-13-27/h20-21,24,28-30,33H,1-19H2,(H,25,31)(H,26,32). The third-order valence-electron chi connectivity index (χ3n) is 5.96. The minimum Gasteiger partial charge on any atom is -0.396 e. The van der Waals surface area contributed by atoms with E-state index in [1.807, 2.05) is 0 Å². The van der Waals surface area contributed by atoms with E-state index >= 15 is 0 Å². The van der Waals surface area contributed by atoms with Crippen molar-refractivity contribution < 1.29 is 39.5 Å². The topological polar surface area (TPSA) is 161 Å². The van der Waals surface area contributed by atoms with Crippen LogP contribution in [-0.2, 0) is 19.1 Å². The van der Waals surface area contributed by atoms with Crippen LogP contribution >= 0.6 is 0 Å². The van der Waals surface area contributed by atoms with Gasteiger partial charge < -0.3 is 45.4 Å². The molecule has 3 atom stereocenters. The van der Waals surface area contributed by atoms with Crippen LogP contribution in [0.15, 0.2) is 0 Å². The Kier molecular flexibility index (Phi) is 18.8. The van der Waals surface area contributed by atoms with Gasteiger partial charge in [0.2, 0.25) is 11.8 Å². The molecule has 0 radical (unpaired) electrons. The minimum absolute atomic E-state index is 0.0504. The van der Waals surface area contributed by atoms with Gasteiger partial charge >= 0.3 is 0 Å². The van der Waals surface area contributed by atoms with E-state index in [4.69, 9.17) is 14.6 Å². The van der Waals surface area contributed by atoms with Crippen molar-refractivity contribution in [2.45, 2.75) is 76.1 Å². The average molecular weight is 506 g/mol. The molecule has 1 rings (SSSR count). The fourth-order valence-corrected chi connectivity index (χ4v) is 3.81. The molecule has 0 aromatic carbocycles. The van der Waals surface area contributed by atoms with E-state index in [0.29, 0.717) is 32.8 Å². The van der Waals surface area contributed by atoms with Crippen LogP contribution in [0.4, 0.5) is 0 Å². The third-order valence-corrected chi connectivity index (χ3v) is 5.96. The Bertz CT molecular complexity index is 549. The summed E-state index contributed by atoms with van der Waals surface area (Å²) in [6.45, 7) is 4.75. The number of rotatable bonds is 21. The lowest BCUT2D eigenvalue weighted by atomic mass is 10.1. The second kappa shape index (κ2) is 20.8. The molecule has 35 heavy (non-hydrogen) atoms. The number of hydrogen-bond acceptors (Lipinski definition) is 9. The van der Waals surface area contributed by atoms with E-state index in [1.54, 1.807) is 0 Å². The molecule has 1 heterocycles. The first-order chi connectivity index (χ1) is 16.9. The van der Waals surface area contributed by atoms with Gasteiger partial charge in [0.1, 0.15) is 6.10 Å². The fraction of sp³-hybridized carbons (Fsp3) is 0.917. The maximum absolute atomic E-state index is 11.8. The number of nitrogens with one attached hydrogen (secondary N) is 2. The maximum Gasteiger partial charge on any atom is 0.222 e. The van der Waals surface area contributed by atoms with Crippen LogP contribution in [0, 0.1) is 0 Å². The van der Waals surface area contributed by atoms with Crippen LogP contribution < -0.4 is 10.6 Å². The Balaban J connectivity index is 1.86. The van der Waals surface area contributed by atoms with E-state index in [0.717, 1.165) is 25.8 Å². The molecule has 0 spiro atoms. The zero-order valence-electron chi connectivity index (χ0n) is 21.0. The summed E-state index contributed by atoms with van der Waals surface area (Å²) in [5.74, 6) is -0.308. The zero-order chi connectivity index (χ0) is 25.7. The van der Waals surface area contributed by atoms with Gasteiger partial charge in [0, 0.05) is 32.5 Å². The lowest BCUT2D eigenvalue weighted by molar-refractivity contribution is -0.124. The van der Waals surface area contributed by atoms with Gasteiger partial charge in [0.05, 0.1) is 38.6 Å². The summed E-state index contributed by atoms with van der Waals surface area (Å²) >= 11 is 0. The Morgan fingerprint density at radius 1 is 0.800 bits per heavy atom. The van der Waals surface area contributed by atoms with Gasteiger partial charge in [0.15, 0.2) is 0 Å². The van der Waals surface area contributed by atoms with Crippen LogP contribution in [-0.4, -0.2) is 121 Å². The van der Waals surface area contributed by atoms with Gasteiger partial charge in [-0.1, -0.05) is 12.8 Å². The van der Waals surface area contributed by atoms with Crippen LogP contribution in [0.5, 0.6) is 0 Å². The van der Waals surface area contributed by atoms with Crippen LogP contribution in [0.25, 0.3) is 0 Å². The predicted molar refractivity (Wildman–Crippen MR) is 131 cm³/mol. The number of amides is 2. The number of aliphatic hydroxyl groups is 4. The van der Waals surface area contributed by atoms with Gasteiger partial charge in [-0.3, -0.25) is 9.59 Å². The number of carbonyl (C=O) groups is 2. The highest BCUT2D eigenvalue weighted by Gasteiger charge is 2.24. The molecule has 0 bridgehead atoms. The molecule has 11 nitrogen and oxygen atoms in total. The molecule has 3 unspecified atom stereocenters. The molecule has 2 amide bonds. The summed E-state index contributed by atoms with van der Waals surface area (Å²) in [4.78, 5) is 26.1. The van der Waals surface area contributed by atoms with Crippen molar-refractivity contribution in [2.75, 3.05) is 65.8 Å². The van der Waals surface area contributed by atoms with Crippen molar-refractivity contribution in [1.82, 2.24) is 15.5 Å². The molecule has 0 aromatic heterocycles. The zero-order valence-corrected chi connectivity index (χ0v) is 21.0. The molecular weight excluding hydrogens is 458 g/mol. The van der Waals surface area contributed by atoms with Crippen LogP contribution in [0.1, 0.15) is 57.8 Å². The number of nitrogens with zero attached hydrogens (tertiary/aromatic N) is 1. The Hall–Kier alpha value is -1.34. The number of carbonyl (C=O) groups excluding carboxylic acids is 2. The van der Waals surface area contributed by atoms with E-state index in [2.05, 4.69) is 15.5 Å². The maximum atomic E-state index is 11.8. The molecule has 1 fully saturated rings. The quantitative estimate of drug-likeness (QED) is 0.109. The van der Waals surface area contributed by atoms with E-state index < -0.39 is 18.3 Å². The van der Waals surface area contributed by atoms with Gasteiger partial charge in [-0.2, -0.15) is 0 Å². The Morgan fingerprint density at radius 3 is 2.20 bits per heavy atom. The molecule has 6 N–H and O–H groups in total. The Morgan fingerprint density at radius 2 is 1.49 bits per heavy atom. The SMILES string of the molecule is O=C(CCCCCN1CCCCC1)NCCOCCOCCC(=O)NCC(O)C(O)C(O)CCO. The molecule has 0 aliphatic carbocycles. The number of likely N-dealkylation sites (tertiary alicyclic amines) is 1. The minimum atomic E-state index is -1.45. The van der Waals surface area contributed by atoms with E-state index in [9.17, 15) is 24.9 Å². The average Bonchev–Trinajstić information content (AvgIpc) is 2.86. The summed E-state index contributed by atoms with van der Waals surface area (Å²) in [5.41, 5.74) is 0.